The number of hydroxylamine groups is 1. The lowest BCUT2D eigenvalue weighted by atomic mass is 10.1. The standard InChI is InChI=1S/C23H31N5O3/c1-3-13-25-23(30)26-21-15-18(12-14-24-21)28(2)20-11-7-6-10-19(20)22(29)27-31-16-17-8-4-5-9-17/h6-7,10-12,14-15,17H,3-5,8-9,13,16H2,1-2H3,(H,27,29)(H2,24,25,26,30). The highest BCUT2D eigenvalue weighted by Gasteiger charge is 2.18. The topological polar surface area (TPSA) is 95.6 Å². The molecule has 0 spiro atoms. The molecule has 0 unspecified atom stereocenters. The lowest BCUT2D eigenvalue weighted by Gasteiger charge is -2.22. The number of rotatable bonds is 9. The summed E-state index contributed by atoms with van der Waals surface area (Å²) in [5.41, 5.74) is 4.59. The number of nitrogens with one attached hydrogen (secondary N) is 3. The Balaban J connectivity index is 1.67. The average Bonchev–Trinajstić information content (AvgIpc) is 3.31. The molecule has 0 radical (unpaired) electrons. The fraction of sp³-hybridized carbons (Fsp3) is 0.435. The molecule has 166 valence electrons. The molecule has 31 heavy (non-hydrogen) atoms. The van der Waals surface area contributed by atoms with Gasteiger partial charge in [0, 0.05) is 31.5 Å². The van der Waals surface area contributed by atoms with Crippen LogP contribution in [-0.2, 0) is 4.84 Å². The van der Waals surface area contributed by atoms with Crippen LogP contribution in [-0.4, -0.2) is 37.1 Å². The van der Waals surface area contributed by atoms with Gasteiger partial charge in [0.2, 0.25) is 0 Å². The van der Waals surface area contributed by atoms with E-state index in [4.69, 9.17) is 4.84 Å². The third kappa shape index (κ3) is 6.42. The summed E-state index contributed by atoms with van der Waals surface area (Å²) >= 11 is 0. The SMILES string of the molecule is CCCNC(=O)Nc1cc(N(C)c2ccccc2C(=O)NOCC2CCCC2)ccn1. The fourth-order valence-corrected chi connectivity index (χ4v) is 3.65. The monoisotopic (exact) mass is 425 g/mol. The molecule has 0 saturated heterocycles. The van der Waals surface area contributed by atoms with Gasteiger partial charge >= 0.3 is 6.03 Å². The van der Waals surface area contributed by atoms with Crippen molar-refractivity contribution in [2.45, 2.75) is 39.0 Å². The number of amides is 3. The Hall–Kier alpha value is -3.13. The third-order valence-corrected chi connectivity index (χ3v) is 5.38. The molecule has 1 aliphatic rings. The maximum Gasteiger partial charge on any atom is 0.320 e. The highest BCUT2D eigenvalue weighted by atomic mass is 16.6. The second kappa shape index (κ2) is 11.3. The van der Waals surface area contributed by atoms with Crippen molar-refractivity contribution in [1.82, 2.24) is 15.8 Å². The Morgan fingerprint density at radius 1 is 1.19 bits per heavy atom. The second-order valence-electron chi connectivity index (χ2n) is 7.75. The van der Waals surface area contributed by atoms with E-state index in [0.29, 0.717) is 30.5 Å². The van der Waals surface area contributed by atoms with Gasteiger partial charge in [-0.2, -0.15) is 0 Å². The summed E-state index contributed by atoms with van der Waals surface area (Å²) in [4.78, 5) is 36.2. The minimum Gasteiger partial charge on any atom is -0.344 e. The molecule has 1 fully saturated rings. The minimum absolute atomic E-state index is 0.285. The van der Waals surface area contributed by atoms with Gasteiger partial charge in [0.05, 0.1) is 17.9 Å². The van der Waals surface area contributed by atoms with Gasteiger partial charge in [0.1, 0.15) is 5.82 Å². The molecule has 8 nitrogen and oxygen atoms in total. The van der Waals surface area contributed by atoms with Crippen LogP contribution in [0.15, 0.2) is 42.6 Å². The van der Waals surface area contributed by atoms with E-state index in [2.05, 4.69) is 21.1 Å². The first-order chi connectivity index (χ1) is 15.1. The zero-order chi connectivity index (χ0) is 22.1. The Labute approximate surface area is 183 Å². The van der Waals surface area contributed by atoms with Gasteiger partial charge in [-0.25, -0.2) is 15.3 Å². The summed E-state index contributed by atoms with van der Waals surface area (Å²) in [7, 11) is 1.86. The highest BCUT2D eigenvalue weighted by molar-refractivity contribution is 6.00. The van der Waals surface area contributed by atoms with Crippen molar-refractivity contribution in [3.05, 3.63) is 48.2 Å². The Bertz CT molecular complexity index is 883. The van der Waals surface area contributed by atoms with Crippen molar-refractivity contribution < 1.29 is 14.4 Å². The molecule has 1 aromatic heterocycles. The van der Waals surface area contributed by atoms with Gasteiger partial charge in [0.15, 0.2) is 0 Å². The normalized spacial score (nSPS) is 13.6. The Morgan fingerprint density at radius 2 is 1.97 bits per heavy atom. The summed E-state index contributed by atoms with van der Waals surface area (Å²) in [5, 5.41) is 5.48. The fourth-order valence-electron chi connectivity index (χ4n) is 3.65. The maximum atomic E-state index is 12.7. The van der Waals surface area contributed by atoms with E-state index in [1.165, 1.54) is 12.8 Å². The molecular formula is C23H31N5O3. The molecule has 1 heterocycles. The first kappa shape index (κ1) is 22.6. The van der Waals surface area contributed by atoms with Crippen molar-refractivity contribution in [2.75, 3.05) is 30.4 Å². The molecule has 8 heteroatoms. The molecule has 1 saturated carbocycles. The first-order valence-electron chi connectivity index (χ1n) is 10.8. The predicted octanol–water partition coefficient (Wildman–Crippen LogP) is 4.23. The van der Waals surface area contributed by atoms with Crippen molar-refractivity contribution in [1.29, 1.82) is 0 Å². The summed E-state index contributed by atoms with van der Waals surface area (Å²) in [5.74, 6) is 0.669. The summed E-state index contributed by atoms with van der Waals surface area (Å²) < 4.78 is 0. The second-order valence-corrected chi connectivity index (χ2v) is 7.75. The number of benzene rings is 1. The number of carbonyl (C=O) groups excluding carboxylic acids is 2. The average molecular weight is 426 g/mol. The van der Waals surface area contributed by atoms with Gasteiger partial charge in [-0.3, -0.25) is 14.9 Å². The molecule has 1 aromatic carbocycles. The summed E-state index contributed by atoms with van der Waals surface area (Å²) in [6, 6.07) is 10.6. The van der Waals surface area contributed by atoms with Gasteiger partial charge in [-0.05, 0) is 43.4 Å². The number of aromatic nitrogens is 1. The van der Waals surface area contributed by atoms with Gasteiger partial charge < -0.3 is 10.2 Å². The number of hydrogen-bond acceptors (Lipinski definition) is 5. The maximum absolute atomic E-state index is 12.7. The van der Waals surface area contributed by atoms with E-state index in [1.807, 2.05) is 43.1 Å². The van der Waals surface area contributed by atoms with Gasteiger partial charge in [-0.15, -0.1) is 0 Å². The Kier molecular flexibility index (Phi) is 8.23. The number of pyridine rings is 1. The van der Waals surface area contributed by atoms with Gasteiger partial charge in [-0.1, -0.05) is 31.9 Å². The van der Waals surface area contributed by atoms with Crippen LogP contribution < -0.4 is 21.0 Å². The Morgan fingerprint density at radius 3 is 2.74 bits per heavy atom. The van der Waals surface area contributed by atoms with Crippen LogP contribution in [0.5, 0.6) is 0 Å². The van der Waals surface area contributed by atoms with Crippen molar-refractivity contribution >= 4 is 29.1 Å². The van der Waals surface area contributed by atoms with Crippen molar-refractivity contribution in [3.8, 4) is 0 Å². The number of para-hydroxylation sites is 1. The zero-order valence-electron chi connectivity index (χ0n) is 18.2. The van der Waals surface area contributed by atoms with Crippen molar-refractivity contribution in [2.24, 2.45) is 5.92 Å². The van der Waals surface area contributed by atoms with Crippen LogP contribution in [0.4, 0.5) is 22.0 Å². The van der Waals surface area contributed by atoms with Gasteiger partial charge in [0.25, 0.3) is 5.91 Å². The molecule has 0 atom stereocenters. The van der Waals surface area contributed by atoms with E-state index in [9.17, 15) is 9.59 Å². The third-order valence-electron chi connectivity index (χ3n) is 5.38. The van der Waals surface area contributed by atoms with Crippen LogP contribution in [0.1, 0.15) is 49.4 Å². The largest absolute Gasteiger partial charge is 0.344 e. The van der Waals surface area contributed by atoms with Crippen LogP contribution in [0, 0.1) is 5.92 Å². The van der Waals surface area contributed by atoms with E-state index in [1.54, 1.807) is 18.3 Å². The molecule has 2 aromatic rings. The summed E-state index contributed by atoms with van der Waals surface area (Å²) in [6.45, 7) is 3.13. The van der Waals surface area contributed by atoms with Crippen LogP contribution in [0.25, 0.3) is 0 Å². The lowest BCUT2D eigenvalue weighted by Crippen LogP contribution is -2.29. The van der Waals surface area contributed by atoms with Crippen LogP contribution >= 0.6 is 0 Å². The molecule has 3 amide bonds. The number of carbonyl (C=O) groups is 2. The molecule has 0 bridgehead atoms. The molecule has 3 rings (SSSR count). The minimum atomic E-state index is -0.298. The molecular weight excluding hydrogens is 394 g/mol. The quantitative estimate of drug-likeness (QED) is 0.523. The van der Waals surface area contributed by atoms with E-state index >= 15 is 0 Å². The number of anilines is 3. The van der Waals surface area contributed by atoms with E-state index in [0.717, 1.165) is 30.6 Å². The zero-order valence-corrected chi connectivity index (χ0v) is 18.2. The first-order valence-corrected chi connectivity index (χ1v) is 10.8. The van der Waals surface area contributed by atoms with E-state index in [-0.39, 0.29) is 11.9 Å². The number of hydrogen-bond donors (Lipinski definition) is 3. The van der Waals surface area contributed by atoms with Crippen LogP contribution in [0.2, 0.25) is 0 Å². The molecule has 1 aliphatic carbocycles. The number of urea groups is 1. The molecule has 0 aliphatic heterocycles. The van der Waals surface area contributed by atoms with Crippen LogP contribution in [0.3, 0.4) is 0 Å². The van der Waals surface area contributed by atoms with E-state index < -0.39 is 0 Å². The highest BCUT2D eigenvalue weighted by Crippen LogP contribution is 2.28. The smallest absolute Gasteiger partial charge is 0.320 e. The predicted molar refractivity (Wildman–Crippen MR) is 121 cm³/mol. The lowest BCUT2D eigenvalue weighted by molar-refractivity contribution is 0.0172. The van der Waals surface area contributed by atoms with Crippen molar-refractivity contribution in [3.63, 3.8) is 0 Å². The number of nitrogens with zero attached hydrogens (tertiary/aromatic N) is 2. The summed E-state index contributed by atoms with van der Waals surface area (Å²) in [6.07, 6.45) is 7.26. The molecule has 3 N–H and O–H groups in total.